The Bertz CT molecular complexity index is 664. The molecule has 1 amide bonds. The summed E-state index contributed by atoms with van der Waals surface area (Å²) in [5.74, 6) is 0.333. The molecule has 0 aliphatic heterocycles. The third-order valence-corrected chi connectivity index (χ3v) is 3.47. The lowest BCUT2D eigenvalue weighted by atomic mass is 10.1. The fourth-order valence-corrected chi connectivity index (χ4v) is 2.45. The van der Waals surface area contributed by atoms with E-state index in [4.69, 9.17) is 0 Å². The van der Waals surface area contributed by atoms with Gasteiger partial charge in [-0.3, -0.25) is 4.79 Å². The molecule has 0 aliphatic carbocycles. The standard InChI is InChI=1S/C16H17BrFN3O/c1-11-7-13(17)10-21-16(11)20-6-5-19-15(22)9-12-3-2-4-14(18)8-12/h2-4,7-8,10H,5-6,9H2,1H3,(H,19,22)(H,20,21). The summed E-state index contributed by atoms with van der Waals surface area (Å²) in [5, 5.41) is 5.95. The Hall–Kier alpha value is -1.95. The summed E-state index contributed by atoms with van der Waals surface area (Å²) in [4.78, 5) is 16.0. The molecule has 0 fully saturated rings. The van der Waals surface area contributed by atoms with Gasteiger partial charge >= 0.3 is 0 Å². The molecule has 4 nitrogen and oxygen atoms in total. The van der Waals surface area contributed by atoms with E-state index in [0.717, 1.165) is 15.9 Å². The molecule has 1 aromatic carbocycles. The second-order valence-corrected chi connectivity index (χ2v) is 5.82. The number of hydrogen-bond acceptors (Lipinski definition) is 3. The number of halogens is 2. The minimum atomic E-state index is -0.330. The highest BCUT2D eigenvalue weighted by atomic mass is 79.9. The van der Waals surface area contributed by atoms with Crippen molar-refractivity contribution in [3.05, 3.63) is 57.9 Å². The molecule has 0 bridgehead atoms. The molecule has 2 aromatic rings. The molecule has 0 spiro atoms. The van der Waals surface area contributed by atoms with Crippen LogP contribution in [0, 0.1) is 12.7 Å². The second kappa shape index (κ2) is 7.89. The minimum Gasteiger partial charge on any atom is -0.368 e. The molecule has 2 N–H and O–H groups in total. The summed E-state index contributed by atoms with van der Waals surface area (Å²) in [6.07, 6.45) is 1.89. The van der Waals surface area contributed by atoms with Crippen LogP contribution < -0.4 is 10.6 Å². The number of hydrogen-bond donors (Lipinski definition) is 2. The van der Waals surface area contributed by atoms with Gasteiger partial charge in [0.15, 0.2) is 0 Å². The molecule has 0 aliphatic rings. The minimum absolute atomic E-state index is 0.132. The largest absolute Gasteiger partial charge is 0.368 e. The van der Waals surface area contributed by atoms with Crippen molar-refractivity contribution in [3.8, 4) is 0 Å². The zero-order valence-corrected chi connectivity index (χ0v) is 13.8. The van der Waals surface area contributed by atoms with E-state index in [0.29, 0.717) is 18.7 Å². The molecule has 0 unspecified atom stereocenters. The van der Waals surface area contributed by atoms with Crippen LogP contribution in [0.4, 0.5) is 10.2 Å². The van der Waals surface area contributed by atoms with Gasteiger partial charge in [0.05, 0.1) is 6.42 Å². The fourth-order valence-electron chi connectivity index (χ4n) is 2.00. The number of pyridine rings is 1. The van der Waals surface area contributed by atoms with E-state index in [-0.39, 0.29) is 18.1 Å². The molecule has 1 aromatic heterocycles. The first kappa shape index (κ1) is 16.4. The maximum atomic E-state index is 13.0. The molecule has 0 radical (unpaired) electrons. The average Bonchev–Trinajstić information content (AvgIpc) is 2.45. The van der Waals surface area contributed by atoms with Gasteiger partial charge in [0.1, 0.15) is 11.6 Å². The van der Waals surface area contributed by atoms with Crippen molar-refractivity contribution in [2.45, 2.75) is 13.3 Å². The Morgan fingerprint density at radius 3 is 2.86 bits per heavy atom. The van der Waals surface area contributed by atoms with Gasteiger partial charge in [0.25, 0.3) is 0 Å². The van der Waals surface area contributed by atoms with Gasteiger partial charge < -0.3 is 10.6 Å². The lowest BCUT2D eigenvalue weighted by molar-refractivity contribution is -0.120. The Kier molecular flexibility index (Phi) is 5.89. The zero-order chi connectivity index (χ0) is 15.9. The van der Waals surface area contributed by atoms with Gasteiger partial charge in [-0.2, -0.15) is 0 Å². The predicted molar refractivity (Wildman–Crippen MR) is 88.3 cm³/mol. The van der Waals surface area contributed by atoms with Gasteiger partial charge in [-0.25, -0.2) is 9.37 Å². The van der Waals surface area contributed by atoms with Crippen LogP contribution in [0.25, 0.3) is 0 Å². The third-order valence-electron chi connectivity index (χ3n) is 3.04. The van der Waals surface area contributed by atoms with Crippen LogP contribution in [0.3, 0.4) is 0 Å². The predicted octanol–water partition coefficient (Wildman–Crippen LogP) is 3.06. The van der Waals surface area contributed by atoms with Crippen LogP contribution in [0.2, 0.25) is 0 Å². The van der Waals surface area contributed by atoms with E-state index in [1.165, 1.54) is 12.1 Å². The zero-order valence-electron chi connectivity index (χ0n) is 12.2. The van der Waals surface area contributed by atoms with Gasteiger partial charge in [-0.05, 0) is 52.2 Å². The first-order chi connectivity index (χ1) is 10.5. The van der Waals surface area contributed by atoms with Gasteiger partial charge in [-0.1, -0.05) is 12.1 Å². The molecule has 2 rings (SSSR count). The van der Waals surface area contributed by atoms with Crippen molar-refractivity contribution in [3.63, 3.8) is 0 Å². The number of rotatable bonds is 6. The molecular weight excluding hydrogens is 349 g/mol. The molecule has 116 valence electrons. The number of nitrogens with one attached hydrogen (secondary N) is 2. The quantitative estimate of drug-likeness (QED) is 0.773. The molecule has 6 heteroatoms. The molecular formula is C16H17BrFN3O. The molecule has 1 heterocycles. The number of aromatic nitrogens is 1. The number of amides is 1. The van der Waals surface area contributed by atoms with Crippen molar-refractivity contribution in [1.29, 1.82) is 0 Å². The maximum Gasteiger partial charge on any atom is 0.224 e. The van der Waals surface area contributed by atoms with Crippen molar-refractivity contribution < 1.29 is 9.18 Å². The van der Waals surface area contributed by atoms with Crippen LogP contribution in [-0.2, 0) is 11.2 Å². The monoisotopic (exact) mass is 365 g/mol. The highest BCUT2D eigenvalue weighted by Gasteiger charge is 2.04. The summed E-state index contributed by atoms with van der Waals surface area (Å²) in [6, 6.07) is 8.03. The first-order valence-corrected chi connectivity index (χ1v) is 7.71. The molecule has 22 heavy (non-hydrogen) atoms. The van der Waals surface area contributed by atoms with E-state index >= 15 is 0 Å². The van der Waals surface area contributed by atoms with E-state index < -0.39 is 0 Å². The number of aryl methyl sites for hydroxylation is 1. The van der Waals surface area contributed by atoms with Crippen LogP contribution in [-0.4, -0.2) is 24.0 Å². The first-order valence-electron chi connectivity index (χ1n) is 6.92. The topological polar surface area (TPSA) is 54.0 Å². The van der Waals surface area contributed by atoms with E-state index in [1.807, 2.05) is 13.0 Å². The Morgan fingerprint density at radius 2 is 2.14 bits per heavy atom. The lowest BCUT2D eigenvalue weighted by Gasteiger charge is -2.09. The van der Waals surface area contributed by atoms with E-state index in [1.54, 1.807) is 18.3 Å². The van der Waals surface area contributed by atoms with Gasteiger partial charge in [-0.15, -0.1) is 0 Å². The Balaban J connectivity index is 1.73. The SMILES string of the molecule is Cc1cc(Br)cnc1NCCNC(=O)Cc1cccc(F)c1. The average molecular weight is 366 g/mol. The van der Waals surface area contributed by atoms with Crippen molar-refractivity contribution in [2.75, 3.05) is 18.4 Å². The summed E-state index contributed by atoms with van der Waals surface area (Å²) < 4.78 is 14.0. The summed E-state index contributed by atoms with van der Waals surface area (Å²) in [5.41, 5.74) is 1.69. The third kappa shape index (κ3) is 5.11. The highest BCUT2D eigenvalue weighted by Crippen LogP contribution is 2.16. The van der Waals surface area contributed by atoms with Crippen molar-refractivity contribution >= 4 is 27.7 Å². The second-order valence-electron chi connectivity index (χ2n) is 4.90. The smallest absolute Gasteiger partial charge is 0.224 e. The lowest BCUT2D eigenvalue weighted by Crippen LogP contribution is -2.30. The number of benzene rings is 1. The number of anilines is 1. The van der Waals surface area contributed by atoms with Crippen LogP contribution in [0.5, 0.6) is 0 Å². The van der Waals surface area contributed by atoms with Crippen LogP contribution >= 0.6 is 15.9 Å². The van der Waals surface area contributed by atoms with Crippen LogP contribution in [0.15, 0.2) is 41.0 Å². The normalized spacial score (nSPS) is 10.3. The highest BCUT2D eigenvalue weighted by molar-refractivity contribution is 9.10. The van der Waals surface area contributed by atoms with E-state index in [9.17, 15) is 9.18 Å². The fraction of sp³-hybridized carbons (Fsp3) is 0.250. The maximum absolute atomic E-state index is 13.0. The van der Waals surface area contributed by atoms with Crippen molar-refractivity contribution in [2.24, 2.45) is 0 Å². The molecule has 0 saturated carbocycles. The summed E-state index contributed by atoms with van der Waals surface area (Å²) in [6.45, 7) is 3.01. The number of carbonyl (C=O) groups excluding carboxylic acids is 1. The van der Waals surface area contributed by atoms with Gasteiger partial charge in [0.2, 0.25) is 5.91 Å². The Labute approximate surface area is 137 Å². The number of nitrogens with zero attached hydrogens (tertiary/aromatic N) is 1. The van der Waals surface area contributed by atoms with Crippen LogP contribution in [0.1, 0.15) is 11.1 Å². The molecule has 0 saturated heterocycles. The Morgan fingerprint density at radius 1 is 1.32 bits per heavy atom. The van der Waals surface area contributed by atoms with E-state index in [2.05, 4.69) is 31.5 Å². The summed E-state index contributed by atoms with van der Waals surface area (Å²) in [7, 11) is 0. The summed E-state index contributed by atoms with van der Waals surface area (Å²) >= 11 is 3.36. The number of carbonyl (C=O) groups is 1. The molecule has 0 atom stereocenters. The van der Waals surface area contributed by atoms with Crippen molar-refractivity contribution in [1.82, 2.24) is 10.3 Å². The van der Waals surface area contributed by atoms with Gasteiger partial charge in [0, 0.05) is 23.8 Å².